The SMILES string of the molecule is COc1ccc(-n2nc3cc(C)c(NC(=S)NC(=O)c4ccc(OCc5ccccc5)cc4)cc3n2)cc1. The van der Waals surface area contributed by atoms with E-state index in [1.807, 2.05) is 73.7 Å². The molecule has 0 spiro atoms. The Morgan fingerprint density at radius 3 is 2.24 bits per heavy atom. The predicted octanol–water partition coefficient (Wildman–Crippen LogP) is 5.44. The Balaban J connectivity index is 1.21. The quantitative estimate of drug-likeness (QED) is 0.275. The van der Waals surface area contributed by atoms with Crippen LogP contribution in [0.5, 0.6) is 11.5 Å². The van der Waals surface area contributed by atoms with Crippen LogP contribution < -0.4 is 20.1 Å². The highest BCUT2D eigenvalue weighted by Crippen LogP contribution is 2.23. The summed E-state index contributed by atoms with van der Waals surface area (Å²) < 4.78 is 11.0. The molecule has 0 aliphatic carbocycles. The van der Waals surface area contributed by atoms with E-state index in [2.05, 4.69) is 20.8 Å². The molecule has 5 rings (SSSR count). The fourth-order valence-corrected chi connectivity index (χ4v) is 4.01. The Kier molecular flexibility index (Phi) is 7.28. The number of aryl methyl sites for hydroxylation is 1. The highest BCUT2D eigenvalue weighted by molar-refractivity contribution is 7.80. The average molecular weight is 524 g/mol. The number of nitrogens with one attached hydrogen (secondary N) is 2. The number of hydrogen-bond donors (Lipinski definition) is 2. The van der Waals surface area contributed by atoms with E-state index in [1.165, 1.54) is 0 Å². The van der Waals surface area contributed by atoms with Crippen LogP contribution >= 0.6 is 12.2 Å². The van der Waals surface area contributed by atoms with Crippen LogP contribution in [0.4, 0.5) is 5.69 Å². The summed E-state index contributed by atoms with van der Waals surface area (Å²) in [5.74, 6) is 1.12. The Bertz CT molecular complexity index is 1580. The number of ether oxygens (including phenoxy) is 2. The minimum absolute atomic E-state index is 0.185. The third-order valence-electron chi connectivity index (χ3n) is 5.87. The van der Waals surface area contributed by atoms with Gasteiger partial charge in [-0.25, -0.2) is 0 Å². The molecule has 1 heterocycles. The number of carbonyl (C=O) groups is 1. The first-order chi connectivity index (χ1) is 18.5. The zero-order valence-electron chi connectivity index (χ0n) is 20.8. The van der Waals surface area contributed by atoms with Gasteiger partial charge in [0.15, 0.2) is 5.11 Å². The van der Waals surface area contributed by atoms with Gasteiger partial charge in [0.25, 0.3) is 5.91 Å². The Morgan fingerprint density at radius 2 is 1.55 bits per heavy atom. The molecule has 8 nitrogen and oxygen atoms in total. The summed E-state index contributed by atoms with van der Waals surface area (Å²) in [4.78, 5) is 14.3. The van der Waals surface area contributed by atoms with E-state index in [1.54, 1.807) is 36.2 Å². The molecule has 1 aromatic heterocycles. The minimum Gasteiger partial charge on any atom is -0.497 e. The van der Waals surface area contributed by atoms with Gasteiger partial charge < -0.3 is 14.8 Å². The summed E-state index contributed by atoms with van der Waals surface area (Å²) in [6, 6.07) is 28.1. The Labute approximate surface area is 225 Å². The summed E-state index contributed by atoms with van der Waals surface area (Å²) >= 11 is 5.40. The number of nitrogens with zero attached hydrogens (tertiary/aromatic N) is 3. The van der Waals surface area contributed by atoms with Crippen molar-refractivity contribution >= 4 is 40.0 Å². The lowest BCUT2D eigenvalue weighted by Crippen LogP contribution is -2.34. The second kappa shape index (κ2) is 11.1. The van der Waals surface area contributed by atoms with Crippen molar-refractivity contribution in [1.29, 1.82) is 0 Å². The lowest BCUT2D eigenvalue weighted by atomic mass is 10.2. The van der Waals surface area contributed by atoms with Crippen LogP contribution in [0.15, 0.2) is 91.0 Å². The molecule has 4 aromatic carbocycles. The van der Waals surface area contributed by atoms with Gasteiger partial charge in [0, 0.05) is 11.3 Å². The maximum Gasteiger partial charge on any atom is 0.257 e. The predicted molar refractivity (Wildman–Crippen MR) is 151 cm³/mol. The lowest BCUT2D eigenvalue weighted by Gasteiger charge is -2.12. The van der Waals surface area contributed by atoms with Gasteiger partial charge in [-0.2, -0.15) is 4.80 Å². The number of hydrogen-bond acceptors (Lipinski definition) is 6. The number of methoxy groups -OCH3 is 1. The molecular formula is C29H25N5O3S. The van der Waals surface area contributed by atoms with Gasteiger partial charge in [-0.3, -0.25) is 10.1 Å². The molecular weight excluding hydrogens is 498 g/mol. The molecule has 5 aromatic rings. The van der Waals surface area contributed by atoms with E-state index in [0.29, 0.717) is 23.4 Å². The van der Waals surface area contributed by atoms with Gasteiger partial charge >= 0.3 is 0 Å². The van der Waals surface area contributed by atoms with Crippen molar-refractivity contribution in [3.8, 4) is 17.2 Å². The van der Waals surface area contributed by atoms with Gasteiger partial charge in [0.2, 0.25) is 0 Å². The summed E-state index contributed by atoms with van der Waals surface area (Å²) in [6.45, 7) is 2.39. The van der Waals surface area contributed by atoms with Crippen molar-refractivity contribution in [2.75, 3.05) is 12.4 Å². The maximum absolute atomic E-state index is 12.7. The van der Waals surface area contributed by atoms with Crippen LogP contribution in [-0.2, 0) is 6.61 Å². The van der Waals surface area contributed by atoms with Crippen molar-refractivity contribution in [3.05, 3.63) is 108 Å². The molecule has 0 fully saturated rings. The molecule has 0 radical (unpaired) electrons. The van der Waals surface area contributed by atoms with Crippen molar-refractivity contribution in [2.24, 2.45) is 0 Å². The van der Waals surface area contributed by atoms with Crippen molar-refractivity contribution in [2.45, 2.75) is 13.5 Å². The number of carbonyl (C=O) groups excluding carboxylic acids is 1. The Morgan fingerprint density at radius 1 is 0.895 bits per heavy atom. The molecule has 9 heteroatoms. The monoisotopic (exact) mass is 523 g/mol. The fraction of sp³-hybridized carbons (Fsp3) is 0.103. The van der Waals surface area contributed by atoms with Crippen LogP contribution in [-0.4, -0.2) is 33.1 Å². The third-order valence-corrected chi connectivity index (χ3v) is 6.07. The molecule has 190 valence electrons. The van der Waals surface area contributed by atoms with E-state index in [-0.39, 0.29) is 11.0 Å². The summed E-state index contributed by atoms with van der Waals surface area (Å²) in [5, 5.41) is 15.2. The van der Waals surface area contributed by atoms with Crippen LogP contribution in [0.3, 0.4) is 0 Å². The molecule has 2 N–H and O–H groups in total. The summed E-state index contributed by atoms with van der Waals surface area (Å²) in [7, 11) is 1.62. The van der Waals surface area contributed by atoms with E-state index in [4.69, 9.17) is 21.7 Å². The van der Waals surface area contributed by atoms with Crippen molar-refractivity contribution in [1.82, 2.24) is 20.3 Å². The number of benzene rings is 4. The zero-order chi connectivity index (χ0) is 26.5. The molecule has 0 saturated carbocycles. The number of rotatable bonds is 7. The summed E-state index contributed by atoms with van der Waals surface area (Å²) in [6.07, 6.45) is 0. The number of anilines is 1. The van der Waals surface area contributed by atoms with Gasteiger partial charge in [0.1, 0.15) is 29.1 Å². The largest absolute Gasteiger partial charge is 0.497 e. The zero-order valence-corrected chi connectivity index (χ0v) is 21.7. The average Bonchev–Trinajstić information content (AvgIpc) is 3.35. The molecule has 0 aliphatic heterocycles. The first-order valence-corrected chi connectivity index (χ1v) is 12.3. The lowest BCUT2D eigenvalue weighted by molar-refractivity contribution is 0.0977. The highest BCUT2D eigenvalue weighted by Gasteiger charge is 2.12. The van der Waals surface area contributed by atoms with Crippen molar-refractivity contribution in [3.63, 3.8) is 0 Å². The number of amides is 1. The van der Waals surface area contributed by atoms with E-state index < -0.39 is 0 Å². The molecule has 38 heavy (non-hydrogen) atoms. The second-order valence-electron chi connectivity index (χ2n) is 8.55. The van der Waals surface area contributed by atoms with Gasteiger partial charge in [0.05, 0.1) is 12.8 Å². The number of thiocarbonyl (C=S) groups is 1. The molecule has 0 aliphatic rings. The first kappa shape index (κ1) is 24.9. The second-order valence-corrected chi connectivity index (χ2v) is 8.96. The molecule has 0 saturated heterocycles. The topological polar surface area (TPSA) is 90.3 Å². The van der Waals surface area contributed by atoms with Crippen LogP contribution in [0.2, 0.25) is 0 Å². The first-order valence-electron chi connectivity index (χ1n) is 11.9. The smallest absolute Gasteiger partial charge is 0.257 e. The van der Waals surface area contributed by atoms with E-state index >= 15 is 0 Å². The normalized spacial score (nSPS) is 10.7. The number of fused-ring (bicyclic) bond motifs is 1. The summed E-state index contributed by atoms with van der Waals surface area (Å²) in [5.41, 5.74) is 5.43. The highest BCUT2D eigenvalue weighted by atomic mass is 32.1. The maximum atomic E-state index is 12.7. The number of aromatic nitrogens is 3. The van der Waals surface area contributed by atoms with E-state index in [0.717, 1.165) is 33.8 Å². The fourth-order valence-electron chi connectivity index (χ4n) is 3.81. The molecule has 0 atom stereocenters. The van der Waals surface area contributed by atoms with Crippen LogP contribution in [0.25, 0.3) is 16.7 Å². The molecule has 0 bridgehead atoms. The van der Waals surface area contributed by atoms with Gasteiger partial charge in [-0.05, 0) is 90.9 Å². The molecule has 1 amide bonds. The minimum atomic E-state index is -0.318. The van der Waals surface area contributed by atoms with Crippen molar-refractivity contribution < 1.29 is 14.3 Å². The standard InChI is InChI=1S/C29H25N5O3S/c1-19-16-26-27(33-34(32-26)22-10-14-23(36-2)15-11-22)17-25(19)30-29(38)31-28(35)21-8-12-24(13-9-21)37-18-20-6-4-3-5-7-20/h3-17H,18H2,1-2H3,(H2,30,31,35,38). The molecule has 0 unspecified atom stereocenters. The van der Waals surface area contributed by atoms with Gasteiger partial charge in [-0.1, -0.05) is 30.3 Å². The Hall–Kier alpha value is -4.76. The third kappa shape index (κ3) is 5.79. The van der Waals surface area contributed by atoms with Gasteiger partial charge in [-0.15, -0.1) is 10.2 Å². The van der Waals surface area contributed by atoms with E-state index in [9.17, 15) is 4.79 Å². The van der Waals surface area contributed by atoms with Crippen LogP contribution in [0.1, 0.15) is 21.5 Å². The van der Waals surface area contributed by atoms with Crippen LogP contribution in [0, 0.1) is 6.92 Å².